The number of fused-ring (bicyclic) bond motifs is 2. The van der Waals surface area contributed by atoms with E-state index in [1.54, 1.807) is 23.7 Å². The molecular weight excluding hydrogens is 503 g/mol. The number of ether oxygens (including phenoxy) is 2. The summed E-state index contributed by atoms with van der Waals surface area (Å²) in [5, 5.41) is 7.11. The molecule has 1 N–H and O–H groups in total. The Bertz CT molecular complexity index is 1400. The summed E-state index contributed by atoms with van der Waals surface area (Å²) >= 11 is 0. The van der Waals surface area contributed by atoms with Gasteiger partial charge < -0.3 is 19.7 Å². The average molecular weight is 539 g/mol. The number of aryl methyl sites for hydroxylation is 1. The largest absolute Gasteiger partial charge is 0.462 e. The Hall–Kier alpha value is -3.76. The fraction of sp³-hybridized carbons (Fsp3) is 0.536. The minimum absolute atomic E-state index is 0.154. The number of amides is 1. The zero-order valence-electron chi connectivity index (χ0n) is 23.0. The Kier molecular flexibility index (Phi) is 6.94. The Labute approximate surface area is 226 Å². The van der Waals surface area contributed by atoms with Crippen molar-refractivity contribution in [2.24, 2.45) is 5.92 Å². The molecule has 2 aliphatic rings. The number of esters is 1. The van der Waals surface area contributed by atoms with Gasteiger partial charge in [0.2, 0.25) is 0 Å². The SMILES string of the molecule is CCOC(=O)c1cnn2ccc(N3CCC4CC43c3cc(F)cnc3CC[C@@H](C)NC(=O)OC(C)(C)C)nc12. The Morgan fingerprint density at radius 3 is 2.82 bits per heavy atom. The number of alkyl carbamates (subject to hydrolysis) is 1. The lowest BCUT2D eigenvalue weighted by molar-refractivity contribution is 0.0502. The third-order valence-corrected chi connectivity index (χ3v) is 7.36. The van der Waals surface area contributed by atoms with Gasteiger partial charge in [-0.1, -0.05) is 0 Å². The maximum atomic E-state index is 14.6. The summed E-state index contributed by atoms with van der Waals surface area (Å²) in [6.45, 7) is 10.1. The van der Waals surface area contributed by atoms with Crippen molar-refractivity contribution in [3.05, 3.63) is 53.4 Å². The first-order valence-corrected chi connectivity index (χ1v) is 13.5. The van der Waals surface area contributed by atoms with E-state index in [1.807, 2.05) is 33.8 Å². The second-order valence-electron chi connectivity index (χ2n) is 11.3. The molecule has 0 aromatic carbocycles. The fourth-order valence-electron chi connectivity index (χ4n) is 5.61. The molecule has 208 valence electrons. The molecule has 1 aliphatic carbocycles. The van der Waals surface area contributed by atoms with Gasteiger partial charge in [-0.05, 0) is 78.4 Å². The van der Waals surface area contributed by atoms with Crippen LogP contribution in [0.15, 0.2) is 30.7 Å². The normalized spacial score (nSPS) is 21.0. The quantitative estimate of drug-likeness (QED) is 0.420. The molecule has 5 rings (SSSR count). The monoisotopic (exact) mass is 538 g/mol. The van der Waals surface area contributed by atoms with E-state index in [9.17, 15) is 14.0 Å². The first-order valence-electron chi connectivity index (χ1n) is 13.5. The van der Waals surface area contributed by atoms with Crippen LogP contribution in [-0.2, 0) is 21.4 Å². The lowest BCUT2D eigenvalue weighted by Crippen LogP contribution is -2.38. The van der Waals surface area contributed by atoms with Gasteiger partial charge in [0.15, 0.2) is 5.65 Å². The summed E-state index contributed by atoms with van der Waals surface area (Å²) in [6.07, 6.45) is 7.03. The van der Waals surface area contributed by atoms with E-state index in [0.29, 0.717) is 35.8 Å². The van der Waals surface area contributed by atoms with Crippen molar-refractivity contribution >= 4 is 23.5 Å². The summed E-state index contributed by atoms with van der Waals surface area (Å²) in [7, 11) is 0. The van der Waals surface area contributed by atoms with Crippen LogP contribution in [0.5, 0.6) is 0 Å². The molecule has 4 heterocycles. The molecule has 0 spiro atoms. The van der Waals surface area contributed by atoms with E-state index in [1.165, 1.54) is 12.4 Å². The number of nitrogens with one attached hydrogen (secondary N) is 1. The van der Waals surface area contributed by atoms with E-state index in [0.717, 1.165) is 30.6 Å². The Balaban J connectivity index is 1.40. The van der Waals surface area contributed by atoms with Crippen LogP contribution in [0.4, 0.5) is 15.0 Å². The zero-order chi connectivity index (χ0) is 27.9. The minimum Gasteiger partial charge on any atom is -0.462 e. The van der Waals surface area contributed by atoms with E-state index in [-0.39, 0.29) is 18.5 Å². The molecule has 1 saturated carbocycles. The molecule has 1 aliphatic heterocycles. The van der Waals surface area contributed by atoms with Crippen molar-refractivity contribution in [1.29, 1.82) is 0 Å². The van der Waals surface area contributed by atoms with Crippen LogP contribution in [-0.4, -0.2) is 56.4 Å². The molecule has 0 radical (unpaired) electrons. The van der Waals surface area contributed by atoms with Crippen molar-refractivity contribution in [1.82, 2.24) is 24.9 Å². The standard InChI is InChI=1S/C28H35FN6O4/c1-6-38-25(36)20-16-31-35-12-10-23(33-24(20)35)34-11-9-18-14-28(18,34)21-13-19(29)15-30-22(21)8-7-17(2)32-26(37)39-27(3,4)5/h10,12-13,15-18H,6-9,11,14H2,1-5H3,(H,32,37)/t17-,18?,28?/m1/s1. The van der Waals surface area contributed by atoms with Gasteiger partial charge in [-0.25, -0.2) is 23.5 Å². The molecule has 11 heteroatoms. The first-order chi connectivity index (χ1) is 18.5. The topological polar surface area (TPSA) is 111 Å². The average Bonchev–Trinajstić information content (AvgIpc) is 3.24. The smallest absolute Gasteiger partial charge is 0.407 e. The lowest BCUT2D eigenvalue weighted by atomic mass is 9.96. The number of carbonyl (C=O) groups excluding carboxylic acids is 2. The van der Waals surface area contributed by atoms with Crippen molar-refractivity contribution in [2.45, 2.75) is 77.5 Å². The lowest BCUT2D eigenvalue weighted by Gasteiger charge is -2.31. The summed E-state index contributed by atoms with van der Waals surface area (Å²) in [4.78, 5) is 36.1. The van der Waals surface area contributed by atoms with Crippen molar-refractivity contribution in [3.8, 4) is 0 Å². The molecule has 10 nitrogen and oxygen atoms in total. The number of anilines is 1. The van der Waals surface area contributed by atoms with Crippen LogP contribution in [0.1, 0.15) is 75.5 Å². The molecule has 3 atom stereocenters. The van der Waals surface area contributed by atoms with Crippen LogP contribution in [0.25, 0.3) is 5.65 Å². The van der Waals surface area contributed by atoms with Gasteiger partial charge in [0.25, 0.3) is 0 Å². The molecule has 0 bridgehead atoms. The highest BCUT2D eigenvalue weighted by molar-refractivity contribution is 5.95. The number of halogens is 1. The number of rotatable bonds is 8. The van der Waals surface area contributed by atoms with E-state index in [2.05, 4.69) is 20.3 Å². The maximum Gasteiger partial charge on any atom is 0.407 e. The number of carbonyl (C=O) groups is 2. The van der Waals surface area contributed by atoms with E-state index >= 15 is 0 Å². The predicted molar refractivity (Wildman–Crippen MR) is 142 cm³/mol. The second-order valence-corrected chi connectivity index (χ2v) is 11.3. The number of piperidine rings is 1. The molecule has 3 aromatic rings. The molecule has 1 saturated heterocycles. The van der Waals surface area contributed by atoms with E-state index in [4.69, 9.17) is 14.5 Å². The number of hydrogen-bond donors (Lipinski definition) is 1. The summed E-state index contributed by atoms with van der Waals surface area (Å²) in [6, 6.07) is 3.31. The first kappa shape index (κ1) is 26.8. The third kappa shape index (κ3) is 5.26. The Morgan fingerprint density at radius 2 is 2.10 bits per heavy atom. The number of hydrogen-bond acceptors (Lipinski definition) is 8. The van der Waals surface area contributed by atoms with Crippen molar-refractivity contribution in [2.75, 3.05) is 18.1 Å². The highest BCUT2D eigenvalue weighted by atomic mass is 19.1. The van der Waals surface area contributed by atoms with Gasteiger partial charge >= 0.3 is 12.1 Å². The van der Waals surface area contributed by atoms with Gasteiger partial charge in [-0.3, -0.25) is 4.98 Å². The van der Waals surface area contributed by atoms with Gasteiger partial charge in [-0.15, -0.1) is 0 Å². The number of pyridine rings is 1. The van der Waals surface area contributed by atoms with Gasteiger partial charge in [-0.2, -0.15) is 5.10 Å². The minimum atomic E-state index is -0.577. The molecule has 2 fully saturated rings. The van der Waals surface area contributed by atoms with Crippen LogP contribution in [0.3, 0.4) is 0 Å². The second kappa shape index (κ2) is 10.1. The van der Waals surface area contributed by atoms with Gasteiger partial charge in [0.1, 0.15) is 22.8 Å². The van der Waals surface area contributed by atoms with Crippen LogP contribution >= 0.6 is 0 Å². The maximum absolute atomic E-state index is 14.6. The molecule has 39 heavy (non-hydrogen) atoms. The predicted octanol–water partition coefficient (Wildman–Crippen LogP) is 4.41. The summed E-state index contributed by atoms with van der Waals surface area (Å²) in [5.41, 5.74) is 1.40. The molecule has 1 amide bonds. The van der Waals surface area contributed by atoms with Crippen LogP contribution < -0.4 is 10.2 Å². The highest BCUT2D eigenvalue weighted by Gasteiger charge is 2.64. The number of aromatic nitrogens is 4. The zero-order valence-corrected chi connectivity index (χ0v) is 23.0. The summed E-state index contributed by atoms with van der Waals surface area (Å²) in [5.74, 6) is 0.195. The van der Waals surface area contributed by atoms with Gasteiger partial charge in [0, 0.05) is 30.0 Å². The molecule has 3 aromatic heterocycles. The molecular formula is C28H35FN6O4. The molecule has 2 unspecified atom stereocenters. The fourth-order valence-corrected chi connectivity index (χ4v) is 5.61. The van der Waals surface area contributed by atoms with Crippen LogP contribution in [0.2, 0.25) is 0 Å². The van der Waals surface area contributed by atoms with Crippen molar-refractivity contribution < 1.29 is 23.5 Å². The highest BCUT2D eigenvalue weighted by Crippen LogP contribution is 2.63. The Morgan fingerprint density at radius 1 is 1.31 bits per heavy atom. The summed E-state index contributed by atoms with van der Waals surface area (Å²) < 4.78 is 26.7. The number of nitrogens with zero attached hydrogens (tertiary/aromatic N) is 5. The van der Waals surface area contributed by atoms with Crippen LogP contribution in [0, 0.1) is 11.7 Å². The van der Waals surface area contributed by atoms with Gasteiger partial charge in [0.05, 0.1) is 24.5 Å². The van der Waals surface area contributed by atoms with E-state index < -0.39 is 23.2 Å². The third-order valence-electron chi connectivity index (χ3n) is 7.36. The van der Waals surface area contributed by atoms with Crippen molar-refractivity contribution in [3.63, 3.8) is 0 Å².